The van der Waals surface area contributed by atoms with Crippen molar-refractivity contribution in [2.24, 2.45) is 0 Å². The van der Waals surface area contributed by atoms with Crippen molar-refractivity contribution >= 4 is 11.6 Å². The summed E-state index contributed by atoms with van der Waals surface area (Å²) in [4.78, 5) is 24.0. The minimum Gasteiger partial charge on any atom is -0.463 e. The van der Waals surface area contributed by atoms with Gasteiger partial charge in [0.15, 0.2) is 0 Å². The lowest BCUT2D eigenvalue weighted by atomic mass is 10.1. The molecule has 1 N–H and O–H groups in total. The molecule has 0 fully saturated rings. The Balaban J connectivity index is 2.12. The second-order valence-corrected chi connectivity index (χ2v) is 5.74. The van der Waals surface area contributed by atoms with Crippen LogP contribution >= 0.6 is 0 Å². The number of alkyl halides is 1. The van der Waals surface area contributed by atoms with Crippen LogP contribution in [-0.4, -0.2) is 17.3 Å². The molecule has 0 aliphatic heterocycles. The normalized spacial score (nSPS) is 10.5. The zero-order chi connectivity index (χ0) is 19.4. The molecule has 1 amide bonds. The number of hydrogen-bond donors (Lipinski definition) is 1. The first-order valence-corrected chi connectivity index (χ1v) is 8.07. The molecule has 5 nitrogen and oxygen atoms in total. The van der Waals surface area contributed by atoms with Crippen molar-refractivity contribution in [3.8, 4) is 22.6 Å². The van der Waals surface area contributed by atoms with E-state index in [4.69, 9.17) is 4.74 Å². The van der Waals surface area contributed by atoms with Crippen molar-refractivity contribution in [2.45, 2.75) is 6.92 Å². The highest BCUT2D eigenvalue weighted by atomic mass is 19.1. The topological polar surface area (TPSA) is 60.3 Å². The molecular weight excluding hydrogens is 354 g/mol. The molecule has 0 spiro atoms. The molecule has 0 saturated carbocycles. The average molecular weight is 370 g/mol. The number of anilines is 1. The Hall–Kier alpha value is -3.48. The van der Waals surface area contributed by atoms with E-state index in [0.717, 1.165) is 0 Å². The van der Waals surface area contributed by atoms with Crippen LogP contribution in [0.5, 0.6) is 5.75 Å². The number of pyridine rings is 1. The summed E-state index contributed by atoms with van der Waals surface area (Å²) in [5.41, 5.74) is 1.67. The van der Waals surface area contributed by atoms with Crippen molar-refractivity contribution in [1.82, 2.24) is 4.57 Å². The molecule has 0 unspecified atom stereocenters. The van der Waals surface area contributed by atoms with E-state index >= 15 is 0 Å². The summed E-state index contributed by atoms with van der Waals surface area (Å²) in [5, 5.41) is 2.62. The summed E-state index contributed by atoms with van der Waals surface area (Å²) in [6, 6.07) is 13.3. The molecular formula is C20H16F2N2O3. The van der Waals surface area contributed by atoms with E-state index in [2.05, 4.69) is 5.32 Å². The summed E-state index contributed by atoms with van der Waals surface area (Å²) >= 11 is 0. The molecule has 1 aromatic heterocycles. The van der Waals surface area contributed by atoms with E-state index in [1.807, 2.05) is 0 Å². The van der Waals surface area contributed by atoms with Gasteiger partial charge in [0.25, 0.3) is 5.56 Å². The van der Waals surface area contributed by atoms with E-state index in [9.17, 15) is 18.4 Å². The second kappa shape index (κ2) is 7.82. The van der Waals surface area contributed by atoms with E-state index in [0.29, 0.717) is 28.3 Å². The Bertz CT molecular complexity index is 1010. The van der Waals surface area contributed by atoms with Gasteiger partial charge in [-0.2, -0.15) is 0 Å². The third kappa shape index (κ3) is 4.20. The van der Waals surface area contributed by atoms with Gasteiger partial charge < -0.3 is 10.1 Å². The van der Waals surface area contributed by atoms with Crippen LogP contribution in [0.2, 0.25) is 0 Å². The zero-order valence-corrected chi connectivity index (χ0v) is 14.4. The van der Waals surface area contributed by atoms with Crippen LogP contribution in [0.15, 0.2) is 65.6 Å². The standard InChI is InChI=1S/C20H16F2N2O3/c1-13(25)23-19-10-20(26)24(16-6-8-17(9-7-16)27-12-21)11-18(19)14-2-4-15(22)5-3-14/h2-11H,12H2,1H3,(H,23,25). The zero-order valence-electron chi connectivity index (χ0n) is 14.4. The van der Waals surface area contributed by atoms with Crippen molar-refractivity contribution in [3.05, 3.63) is 77.0 Å². The first kappa shape index (κ1) is 18.3. The number of carbonyl (C=O) groups is 1. The minimum absolute atomic E-state index is 0.327. The number of amides is 1. The Labute approximate surface area is 153 Å². The molecule has 0 atom stereocenters. The Morgan fingerprint density at radius 1 is 1.11 bits per heavy atom. The Morgan fingerprint density at radius 3 is 2.37 bits per heavy atom. The number of nitrogens with one attached hydrogen (secondary N) is 1. The predicted molar refractivity (Wildman–Crippen MR) is 98.3 cm³/mol. The van der Waals surface area contributed by atoms with Crippen molar-refractivity contribution in [2.75, 3.05) is 12.2 Å². The molecule has 7 heteroatoms. The van der Waals surface area contributed by atoms with E-state index in [1.165, 1.54) is 29.7 Å². The van der Waals surface area contributed by atoms with Crippen LogP contribution in [-0.2, 0) is 4.79 Å². The number of aromatic nitrogens is 1. The molecule has 2 aromatic carbocycles. The number of nitrogens with zero attached hydrogens (tertiary/aromatic N) is 1. The van der Waals surface area contributed by atoms with E-state index in [1.54, 1.807) is 42.6 Å². The van der Waals surface area contributed by atoms with Crippen LogP contribution in [0.4, 0.5) is 14.5 Å². The quantitative estimate of drug-likeness (QED) is 0.741. The van der Waals surface area contributed by atoms with Gasteiger partial charge in [-0.1, -0.05) is 12.1 Å². The SMILES string of the molecule is CC(=O)Nc1cc(=O)n(-c2ccc(OCF)cc2)cc1-c1ccc(F)cc1. The van der Waals surface area contributed by atoms with Gasteiger partial charge in [-0.25, -0.2) is 8.78 Å². The largest absolute Gasteiger partial charge is 0.463 e. The minimum atomic E-state index is -0.945. The monoisotopic (exact) mass is 370 g/mol. The number of benzene rings is 2. The summed E-state index contributed by atoms with van der Waals surface area (Å²) in [6.45, 7) is 0.392. The first-order chi connectivity index (χ1) is 13.0. The second-order valence-electron chi connectivity index (χ2n) is 5.74. The molecule has 27 heavy (non-hydrogen) atoms. The van der Waals surface area contributed by atoms with Gasteiger partial charge in [-0.05, 0) is 42.0 Å². The summed E-state index contributed by atoms with van der Waals surface area (Å²) in [7, 11) is 0. The highest BCUT2D eigenvalue weighted by molar-refractivity contribution is 5.93. The molecule has 0 saturated heterocycles. The van der Waals surface area contributed by atoms with Gasteiger partial charge in [0.1, 0.15) is 11.6 Å². The summed E-state index contributed by atoms with van der Waals surface area (Å²) in [5.74, 6) is -0.386. The third-order valence-corrected chi connectivity index (χ3v) is 3.86. The van der Waals surface area contributed by atoms with Gasteiger partial charge in [0.05, 0.1) is 5.69 Å². The fourth-order valence-corrected chi connectivity index (χ4v) is 2.65. The van der Waals surface area contributed by atoms with Crippen LogP contribution in [0.3, 0.4) is 0 Å². The van der Waals surface area contributed by atoms with Crippen molar-refractivity contribution in [3.63, 3.8) is 0 Å². The summed E-state index contributed by atoms with van der Waals surface area (Å²) in [6.07, 6.45) is 1.56. The Morgan fingerprint density at radius 2 is 1.78 bits per heavy atom. The van der Waals surface area contributed by atoms with Gasteiger partial charge >= 0.3 is 0 Å². The first-order valence-electron chi connectivity index (χ1n) is 8.07. The van der Waals surface area contributed by atoms with Gasteiger partial charge in [0, 0.05) is 30.4 Å². The number of hydrogen-bond acceptors (Lipinski definition) is 3. The van der Waals surface area contributed by atoms with Crippen LogP contribution in [0.1, 0.15) is 6.92 Å². The lowest BCUT2D eigenvalue weighted by Gasteiger charge is -2.14. The average Bonchev–Trinajstić information content (AvgIpc) is 2.63. The van der Waals surface area contributed by atoms with Gasteiger partial charge in [0.2, 0.25) is 12.8 Å². The maximum absolute atomic E-state index is 13.3. The molecule has 3 rings (SSSR count). The van der Waals surface area contributed by atoms with E-state index < -0.39 is 12.7 Å². The Kier molecular flexibility index (Phi) is 5.30. The molecule has 1 heterocycles. The van der Waals surface area contributed by atoms with Crippen molar-refractivity contribution in [1.29, 1.82) is 0 Å². The van der Waals surface area contributed by atoms with Crippen LogP contribution in [0, 0.1) is 5.82 Å². The number of carbonyl (C=O) groups excluding carboxylic acids is 1. The van der Waals surface area contributed by atoms with Crippen LogP contribution < -0.4 is 15.6 Å². The van der Waals surface area contributed by atoms with Gasteiger partial charge in [-0.15, -0.1) is 0 Å². The maximum Gasteiger partial charge on any atom is 0.257 e. The molecule has 0 bridgehead atoms. The van der Waals surface area contributed by atoms with E-state index in [-0.39, 0.29) is 11.5 Å². The lowest BCUT2D eigenvalue weighted by molar-refractivity contribution is -0.114. The smallest absolute Gasteiger partial charge is 0.257 e. The van der Waals surface area contributed by atoms with Crippen molar-refractivity contribution < 1.29 is 18.3 Å². The lowest BCUT2D eigenvalue weighted by Crippen LogP contribution is -2.19. The number of rotatable bonds is 5. The predicted octanol–water partition coefficient (Wildman–Crippen LogP) is 3.91. The number of ether oxygens (including phenoxy) is 1. The molecule has 138 valence electrons. The highest BCUT2D eigenvalue weighted by Gasteiger charge is 2.12. The fraction of sp³-hybridized carbons (Fsp3) is 0.100. The summed E-state index contributed by atoms with van der Waals surface area (Å²) < 4.78 is 31.6. The fourth-order valence-electron chi connectivity index (χ4n) is 2.65. The van der Waals surface area contributed by atoms with Crippen LogP contribution in [0.25, 0.3) is 16.8 Å². The molecule has 3 aromatic rings. The highest BCUT2D eigenvalue weighted by Crippen LogP contribution is 2.28. The molecule has 0 aliphatic carbocycles. The van der Waals surface area contributed by atoms with Gasteiger partial charge in [-0.3, -0.25) is 14.2 Å². The molecule has 0 aliphatic rings. The third-order valence-electron chi connectivity index (χ3n) is 3.86. The number of halogens is 2. The molecule has 0 radical (unpaired) electrons. The maximum atomic E-state index is 13.3.